The number of nitrogens with one attached hydrogen (secondary N) is 1. The molecule has 0 aliphatic heterocycles. The summed E-state index contributed by atoms with van der Waals surface area (Å²) in [5.41, 5.74) is -0.459. The van der Waals surface area contributed by atoms with Gasteiger partial charge in [-0.05, 0) is 24.1 Å². The molecule has 0 saturated heterocycles. The lowest BCUT2D eigenvalue weighted by molar-refractivity contribution is -0.140. The van der Waals surface area contributed by atoms with E-state index in [1.54, 1.807) is 0 Å². The third kappa shape index (κ3) is 3.28. The minimum atomic E-state index is -4.43. The molecule has 1 saturated carbocycles. The molecule has 0 aromatic heterocycles. The summed E-state index contributed by atoms with van der Waals surface area (Å²) in [6.45, 7) is -0.0500. The first kappa shape index (κ1) is 14.4. The molecular formula is C13H12F3NO3. The van der Waals surface area contributed by atoms with Crippen molar-refractivity contribution in [1.29, 1.82) is 0 Å². The fraction of sp³-hybridized carbons (Fsp3) is 0.385. The average molecular weight is 287 g/mol. The Kier molecular flexibility index (Phi) is 3.69. The van der Waals surface area contributed by atoms with Crippen LogP contribution in [0.15, 0.2) is 24.3 Å². The highest BCUT2D eigenvalue weighted by molar-refractivity contribution is 5.89. The molecule has 0 spiro atoms. The Morgan fingerprint density at radius 2 is 2.00 bits per heavy atom. The quantitative estimate of drug-likeness (QED) is 0.890. The van der Waals surface area contributed by atoms with Crippen molar-refractivity contribution in [2.24, 2.45) is 11.8 Å². The van der Waals surface area contributed by atoms with Gasteiger partial charge in [-0.1, -0.05) is 12.1 Å². The van der Waals surface area contributed by atoms with E-state index in [4.69, 9.17) is 5.11 Å². The summed E-state index contributed by atoms with van der Waals surface area (Å²) in [7, 11) is 0. The summed E-state index contributed by atoms with van der Waals surface area (Å²) in [5.74, 6) is -2.70. The normalized spacial score (nSPS) is 21.4. The molecule has 2 rings (SSSR count). The van der Waals surface area contributed by atoms with E-state index in [2.05, 4.69) is 5.32 Å². The standard InChI is InChI=1S/C13H12F3NO3/c14-13(15,16)8-3-1-2-7(4-8)6-17-11(18)9-5-10(9)12(19)20/h1-4,9-10H,5-6H2,(H,17,18)(H,19,20). The smallest absolute Gasteiger partial charge is 0.416 e. The SMILES string of the molecule is O=C(O)C1CC1C(=O)NCc1cccc(C(F)(F)F)c1. The van der Waals surface area contributed by atoms with Crippen molar-refractivity contribution in [3.63, 3.8) is 0 Å². The third-order valence-electron chi connectivity index (χ3n) is 3.17. The zero-order chi connectivity index (χ0) is 14.9. The molecule has 4 nitrogen and oxygen atoms in total. The van der Waals surface area contributed by atoms with Gasteiger partial charge >= 0.3 is 12.1 Å². The molecule has 1 aromatic rings. The van der Waals surface area contributed by atoms with Gasteiger partial charge in [-0.2, -0.15) is 13.2 Å². The van der Waals surface area contributed by atoms with Gasteiger partial charge in [0.15, 0.2) is 0 Å². The first-order valence-electron chi connectivity index (χ1n) is 5.95. The maximum Gasteiger partial charge on any atom is 0.416 e. The largest absolute Gasteiger partial charge is 0.481 e. The summed E-state index contributed by atoms with van der Waals surface area (Å²) in [5, 5.41) is 11.1. The van der Waals surface area contributed by atoms with Crippen LogP contribution in [0.1, 0.15) is 17.5 Å². The van der Waals surface area contributed by atoms with E-state index in [0.29, 0.717) is 5.56 Å². The highest BCUT2D eigenvalue weighted by Gasteiger charge is 2.48. The van der Waals surface area contributed by atoms with Crippen molar-refractivity contribution < 1.29 is 27.9 Å². The number of aliphatic carboxylic acids is 1. The Balaban J connectivity index is 1.92. The molecule has 0 bridgehead atoms. The van der Waals surface area contributed by atoms with Crippen molar-refractivity contribution in [2.75, 3.05) is 0 Å². The number of amides is 1. The van der Waals surface area contributed by atoms with E-state index in [9.17, 15) is 22.8 Å². The second kappa shape index (κ2) is 5.15. The van der Waals surface area contributed by atoms with Gasteiger partial charge in [0, 0.05) is 6.54 Å². The van der Waals surface area contributed by atoms with Crippen LogP contribution in [0.25, 0.3) is 0 Å². The first-order valence-corrected chi connectivity index (χ1v) is 5.95. The molecule has 1 fully saturated rings. The van der Waals surface area contributed by atoms with Gasteiger partial charge in [-0.15, -0.1) is 0 Å². The zero-order valence-electron chi connectivity index (χ0n) is 10.3. The van der Waals surface area contributed by atoms with Gasteiger partial charge in [-0.3, -0.25) is 9.59 Å². The maximum atomic E-state index is 12.5. The number of carboxylic acid groups (broad SMARTS) is 1. The van der Waals surface area contributed by atoms with E-state index in [-0.39, 0.29) is 13.0 Å². The first-order chi connectivity index (χ1) is 9.29. The molecule has 0 heterocycles. The summed E-state index contributed by atoms with van der Waals surface area (Å²) in [6.07, 6.45) is -4.14. The van der Waals surface area contributed by atoms with Crippen LogP contribution in [0.4, 0.5) is 13.2 Å². The molecule has 1 aliphatic carbocycles. The number of rotatable bonds is 4. The van der Waals surface area contributed by atoms with Crippen LogP contribution >= 0.6 is 0 Å². The van der Waals surface area contributed by atoms with E-state index >= 15 is 0 Å². The predicted octanol–water partition coefficient (Wildman–Crippen LogP) is 2.04. The van der Waals surface area contributed by atoms with Crippen LogP contribution in [-0.4, -0.2) is 17.0 Å². The van der Waals surface area contributed by atoms with E-state index < -0.39 is 35.5 Å². The average Bonchev–Trinajstić information content (AvgIpc) is 3.15. The molecule has 2 unspecified atom stereocenters. The van der Waals surface area contributed by atoms with Gasteiger partial charge in [-0.25, -0.2) is 0 Å². The minimum absolute atomic E-state index is 0.0500. The molecule has 2 N–H and O–H groups in total. The Hall–Kier alpha value is -2.05. The second-order valence-electron chi connectivity index (χ2n) is 4.70. The molecule has 20 heavy (non-hydrogen) atoms. The lowest BCUT2D eigenvalue weighted by atomic mass is 10.1. The minimum Gasteiger partial charge on any atom is -0.481 e. The molecule has 108 valence electrons. The molecule has 0 radical (unpaired) electrons. The topological polar surface area (TPSA) is 66.4 Å². The van der Waals surface area contributed by atoms with Crippen molar-refractivity contribution >= 4 is 11.9 Å². The fourth-order valence-electron chi connectivity index (χ4n) is 1.94. The highest BCUT2D eigenvalue weighted by Crippen LogP contribution is 2.38. The lowest BCUT2D eigenvalue weighted by Crippen LogP contribution is -2.26. The Morgan fingerprint density at radius 1 is 1.30 bits per heavy atom. The Morgan fingerprint density at radius 3 is 2.55 bits per heavy atom. The van der Waals surface area contributed by atoms with E-state index in [1.165, 1.54) is 12.1 Å². The second-order valence-corrected chi connectivity index (χ2v) is 4.70. The predicted molar refractivity (Wildman–Crippen MR) is 62.5 cm³/mol. The van der Waals surface area contributed by atoms with Gasteiger partial charge in [0.2, 0.25) is 5.91 Å². The number of hydrogen-bond acceptors (Lipinski definition) is 2. The lowest BCUT2D eigenvalue weighted by Gasteiger charge is -2.09. The van der Waals surface area contributed by atoms with E-state index in [0.717, 1.165) is 12.1 Å². The number of benzene rings is 1. The van der Waals surface area contributed by atoms with Crippen LogP contribution in [-0.2, 0) is 22.3 Å². The fourth-order valence-corrected chi connectivity index (χ4v) is 1.94. The molecule has 2 atom stereocenters. The van der Waals surface area contributed by atoms with Gasteiger partial charge in [0.1, 0.15) is 0 Å². The van der Waals surface area contributed by atoms with Gasteiger partial charge < -0.3 is 10.4 Å². The number of hydrogen-bond donors (Lipinski definition) is 2. The Bertz CT molecular complexity index is 542. The molecular weight excluding hydrogens is 275 g/mol. The molecule has 1 amide bonds. The maximum absolute atomic E-state index is 12.5. The van der Waals surface area contributed by atoms with Crippen LogP contribution in [0.2, 0.25) is 0 Å². The molecule has 1 aromatic carbocycles. The summed E-state index contributed by atoms with van der Waals surface area (Å²) in [4.78, 5) is 22.2. The summed E-state index contributed by atoms with van der Waals surface area (Å²) in [6, 6.07) is 4.65. The number of halogens is 3. The summed E-state index contributed by atoms with van der Waals surface area (Å²) < 4.78 is 37.5. The summed E-state index contributed by atoms with van der Waals surface area (Å²) >= 11 is 0. The zero-order valence-corrected chi connectivity index (χ0v) is 10.3. The van der Waals surface area contributed by atoms with Gasteiger partial charge in [0.25, 0.3) is 0 Å². The van der Waals surface area contributed by atoms with Crippen molar-refractivity contribution in [2.45, 2.75) is 19.1 Å². The number of carbonyl (C=O) groups is 2. The molecule has 1 aliphatic rings. The van der Waals surface area contributed by atoms with E-state index in [1.807, 2.05) is 0 Å². The monoisotopic (exact) mass is 287 g/mol. The van der Waals surface area contributed by atoms with Crippen LogP contribution < -0.4 is 5.32 Å². The van der Waals surface area contributed by atoms with Crippen LogP contribution in [0.5, 0.6) is 0 Å². The van der Waals surface area contributed by atoms with Crippen LogP contribution in [0.3, 0.4) is 0 Å². The van der Waals surface area contributed by atoms with Crippen molar-refractivity contribution in [3.05, 3.63) is 35.4 Å². The third-order valence-corrected chi connectivity index (χ3v) is 3.17. The molecule has 7 heteroatoms. The number of alkyl halides is 3. The Labute approximate surface area is 112 Å². The van der Waals surface area contributed by atoms with Crippen molar-refractivity contribution in [3.8, 4) is 0 Å². The van der Waals surface area contributed by atoms with Gasteiger partial charge in [0.05, 0.1) is 17.4 Å². The van der Waals surface area contributed by atoms with Crippen LogP contribution in [0, 0.1) is 11.8 Å². The highest BCUT2D eigenvalue weighted by atomic mass is 19.4. The van der Waals surface area contributed by atoms with Crippen molar-refractivity contribution in [1.82, 2.24) is 5.32 Å². The number of carboxylic acids is 1. The number of carbonyl (C=O) groups excluding carboxylic acids is 1.